The molecule has 2 spiro atoms. The van der Waals surface area contributed by atoms with Crippen molar-refractivity contribution in [3.05, 3.63) is 71.8 Å². The summed E-state index contributed by atoms with van der Waals surface area (Å²) in [5.41, 5.74) is 3.85. The van der Waals surface area contributed by atoms with Gasteiger partial charge < -0.3 is 0 Å². The van der Waals surface area contributed by atoms with Crippen molar-refractivity contribution in [3.63, 3.8) is 0 Å². The Morgan fingerprint density at radius 3 is 2.11 bits per heavy atom. The topological polar surface area (TPSA) is 49.4 Å². The van der Waals surface area contributed by atoms with Gasteiger partial charge in [0.05, 0.1) is 0 Å². The van der Waals surface area contributed by atoms with Crippen LogP contribution in [0.1, 0.15) is 81.8 Å². The number of hydrazone groups is 2. The van der Waals surface area contributed by atoms with Crippen LogP contribution in [0.4, 0.5) is 0 Å². The molecule has 2 aliphatic carbocycles. The third kappa shape index (κ3) is 3.68. The Bertz CT molecular complexity index is 1300. The Morgan fingerprint density at radius 1 is 0.816 bits per heavy atom. The molecule has 0 aromatic heterocycles. The first-order chi connectivity index (χ1) is 18.6. The van der Waals surface area contributed by atoms with Crippen molar-refractivity contribution in [2.24, 2.45) is 16.1 Å². The number of benzene rings is 2. The molecular weight excluding hydrogens is 488 g/mol. The Labute approximate surface area is 226 Å². The molecule has 0 N–H and O–H groups in total. The Morgan fingerprint density at radius 2 is 1.42 bits per heavy atom. The zero-order valence-corrected chi connectivity index (χ0v) is 23.6. The van der Waals surface area contributed by atoms with E-state index in [1.54, 1.807) is 0 Å². The summed E-state index contributed by atoms with van der Waals surface area (Å²) in [5, 5.41) is 10.7. The van der Waals surface area contributed by atoms with E-state index in [1.165, 1.54) is 68.2 Å². The molecule has 5 aliphatic rings. The maximum absolute atomic E-state index is 7.19. The third-order valence-electron chi connectivity index (χ3n) is 9.62. The van der Waals surface area contributed by atoms with E-state index >= 15 is 0 Å². The molecule has 200 valence electrons. The standard InChI is InChI=1S/C31H40N4O2Si/c1-38-34(32-29(36-38)23-25-15-7-4-8-16-25)28-20-12-6-11-19-27(28)31(21-13-2-3-14-22-31)35(38)33-30(37-38)24-26-17-9-5-10-18-26/h4-5,7-10,15-18,27H,2-3,6,11-14,19-24H2,1H3/t27-/m0/s1. The van der Waals surface area contributed by atoms with Gasteiger partial charge in [-0.1, -0.05) is 0 Å². The van der Waals surface area contributed by atoms with Gasteiger partial charge in [0.2, 0.25) is 0 Å². The van der Waals surface area contributed by atoms with Crippen LogP contribution in [0.3, 0.4) is 0 Å². The summed E-state index contributed by atoms with van der Waals surface area (Å²) in [6, 6.07) is 21.1. The van der Waals surface area contributed by atoms with Gasteiger partial charge in [-0.05, 0) is 0 Å². The predicted molar refractivity (Wildman–Crippen MR) is 153 cm³/mol. The number of hydrogen-bond acceptors (Lipinski definition) is 5. The summed E-state index contributed by atoms with van der Waals surface area (Å²) in [4.78, 5) is 0. The second kappa shape index (κ2) is 9.08. The molecule has 2 saturated carbocycles. The van der Waals surface area contributed by atoms with E-state index in [9.17, 15) is 0 Å². The van der Waals surface area contributed by atoms with Gasteiger partial charge in [0.1, 0.15) is 0 Å². The van der Waals surface area contributed by atoms with Crippen molar-refractivity contribution >= 4 is 25.7 Å². The van der Waals surface area contributed by atoms with Gasteiger partial charge in [-0.25, -0.2) is 0 Å². The van der Waals surface area contributed by atoms with Crippen molar-refractivity contribution in [1.29, 1.82) is 0 Å². The van der Waals surface area contributed by atoms with Gasteiger partial charge in [-0.2, -0.15) is 0 Å². The Kier molecular flexibility index (Phi) is 5.76. The molecule has 6 nitrogen and oxygen atoms in total. The van der Waals surface area contributed by atoms with Crippen molar-refractivity contribution in [2.45, 2.75) is 95.6 Å². The molecule has 7 heteroatoms. The predicted octanol–water partition coefficient (Wildman–Crippen LogP) is 6.62. The van der Waals surface area contributed by atoms with E-state index in [0.29, 0.717) is 18.8 Å². The van der Waals surface area contributed by atoms with E-state index in [2.05, 4.69) is 76.2 Å². The monoisotopic (exact) mass is 528 g/mol. The van der Waals surface area contributed by atoms with Crippen molar-refractivity contribution in [2.75, 3.05) is 0 Å². The van der Waals surface area contributed by atoms with Crippen LogP contribution in [0.5, 0.6) is 0 Å². The molecule has 0 radical (unpaired) electrons. The maximum atomic E-state index is 7.19. The van der Waals surface area contributed by atoms with Gasteiger partial charge in [0, 0.05) is 0 Å². The number of rotatable bonds is 4. The van der Waals surface area contributed by atoms with E-state index in [4.69, 9.17) is 19.1 Å². The van der Waals surface area contributed by atoms with Crippen LogP contribution in [-0.4, -0.2) is 40.2 Å². The van der Waals surface area contributed by atoms with Gasteiger partial charge in [-0.15, -0.1) is 0 Å². The summed E-state index contributed by atoms with van der Waals surface area (Å²) in [5.74, 6) is 2.01. The molecule has 3 heterocycles. The molecule has 7 rings (SSSR count). The average Bonchev–Trinajstić information content (AvgIpc) is 3.15. The van der Waals surface area contributed by atoms with E-state index in [-0.39, 0.29) is 5.54 Å². The molecular formula is C31H40N4O2Si. The van der Waals surface area contributed by atoms with Crippen LogP contribution in [-0.2, 0) is 21.7 Å². The second-order valence-electron chi connectivity index (χ2n) is 12.2. The molecule has 2 aromatic carbocycles. The first kappa shape index (κ1) is 24.1. The molecule has 2 fully saturated rings. The first-order valence-electron chi connectivity index (χ1n) is 14.8. The van der Waals surface area contributed by atoms with Crippen molar-refractivity contribution < 1.29 is 13.2 Å². The minimum absolute atomic E-state index is 0.0502. The van der Waals surface area contributed by atoms with Gasteiger partial charge in [0.15, 0.2) is 0 Å². The quantitative estimate of drug-likeness (QED) is 0.419. The van der Waals surface area contributed by atoms with Crippen LogP contribution in [0.15, 0.2) is 70.9 Å². The second-order valence-corrected chi connectivity index (χ2v) is 16.3. The van der Waals surface area contributed by atoms with Crippen LogP contribution in [0.25, 0.3) is 0 Å². The normalized spacial score (nSPS) is 27.8. The van der Waals surface area contributed by atoms with Gasteiger partial charge >= 0.3 is 227 Å². The van der Waals surface area contributed by atoms with Crippen molar-refractivity contribution in [3.8, 4) is 0 Å². The van der Waals surface area contributed by atoms with Gasteiger partial charge in [-0.3, -0.25) is 0 Å². The van der Waals surface area contributed by atoms with Crippen molar-refractivity contribution in [1.82, 2.24) is 4.67 Å². The third-order valence-corrected chi connectivity index (χ3v) is 13.9. The molecule has 0 amide bonds. The summed E-state index contributed by atoms with van der Waals surface area (Å²) in [7, 11) is -4.00. The van der Waals surface area contributed by atoms with Crippen LogP contribution in [0, 0.1) is 5.92 Å². The van der Waals surface area contributed by atoms with Crippen LogP contribution >= 0.6 is 0 Å². The molecule has 0 unspecified atom stereocenters. The fourth-order valence-corrected chi connectivity index (χ4v) is 12.9. The number of fused-ring (bicyclic) bond motifs is 3. The fraction of sp³-hybridized carbons (Fsp3) is 0.516. The summed E-state index contributed by atoms with van der Waals surface area (Å²) in [6.45, 7) is 2.25. The van der Waals surface area contributed by atoms with E-state index < -0.39 is 8.16 Å². The zero-order chi connectivity index (χ0) is 25.7. The Balaban J connectivity index is 1.38. The summed E-state index contributed by atoms with van der Waals surface area (Å²) in [6.07, 6.45) is 14.9. The molecule has 1 atom stereocenters. The first-order valence-corrected chi connectivity index (χ1v) is 17.6. The number of hydrogen-bond donors (Lipinski definition) is 0. The van der Waals surface area contributed by atoms with Crippen LogP contribution < -0.4 is 0 Å². The van der Waals surface area contributed by atoms with E-state index in [0.717, 1.165) is 31.1 Å². The minimum atomic E-state index is -4.00. The molecule has 3 aliphatic heterocycles. The average molecular weight is 529 g/mol. The SMILES string of the molecule is C[Si-]123OC(Cc4ccccc4)=NN1C1(CCCCCC1)[C@H]1CCCCCC1=[N+]2N=C(Cc1ccccc1)O3. The number of nitrogens with zero attached hydrogens (tertiary/aromatic N) is 4. The molecule has 0 saturated heterocycles. The Hall–Kier alpha value is -2.93. The van der Waals surface area contributed by atoms with Crippen LogP contribution in [0.2, 0.25) is 6.55 Å². The molecule has 38 heavy (non-hydrogen) atoms. The molecule has 0 bridgehead atoms. The van der Waals surface area contributed by atoms with Gasteiger partial charge in [0.25, 0.3) is 0 Å². The molecule has 2 aromatic rings. The zero-order valence-electron chi connectivity index (χ0n) is 22.6. The van der Waals surface area contributed by atoms with E-state index in [1.807, 2.05) is 0 Å². The summed E-state index contributed by atoms with van der Waals surface area (Å²) >= 11 is 0. The fourth-order valence-electron chi connectivity index (χ4n) is 8.05. The summed E-state index contributed by atoms with van der Waals surface area (Å²) < 4.78 is 19.1.